The van der Waals surface area contributed by atoms with Crippen molar-refractivity contribution in [1.82, 2.24) is 0 Å². The molecule has 0 heterocycles. The molecule has 2 heteroatoms. The summed E-state index contributed by atoms with van der Waals surface area (Å²) in [6, 6.07) is 0. The quantitative estimate of drug-likeness (QED) is 0.451. The van der Waals surface area contributed by atoms with Crippen molar-refractivity contribution < 1.29 is 9.53 Å². The van der Waals surface area contributed by atoms with Crippen molar-refractivity contribution >= 4 is 5.97 Å². The van der Waals surface area contributed by atoms with Gasteiger partial charge < -0.3 is 4.74 Å². The van der Waals surface area contributed by atoms with Crippen LogP contribution in [0.4, 0.5) is 0 Å². The van der Waals surface area contributed by atoms with Gasteiger partial charge in [0.25, 0.3) is 0 Å². The first-order chi connectivity index (χ1) is 5.20. The molecule has 0 aliphatic rings. The number of carbonyl (C=O) groups is 1. The molecular weight excluding hydrogens is 140 g/mol. The molecule has 11 heavy (non-hydrogen) atoms. The minimum absolute atomic E-state index is 0.0370. The van der Waals surface area contributed by atoms with Crippen molar-refractivity contribution in [3.05, 3.63) is 12.7 Å². The lowest BCUT2D eigenvalue weighted by Gasteiger charge is -2.13. The Kier molecular flexibility index (Phi) is 5.53. The molecule has 2 nitrogen and oxygen atoms in total. The first-order valence-electron chi connectivity index (χ1n) is 3.98. The molecule has 0 rings (SSSR count). The minimum Gasteiger partial charge on any atom is -0.462 e. The number of rotatable bonds is 5. The third kappa shape index (κ3) is 5.64. The van der Waals surface area contributed by atoms with Crippen LogP contribution in [0.15, 0.2) is 12.7 Å². The second-order valence-corrected chi connectivity index (χ2v) is 2.54. The fourth-order valence-electron chi connectivity index (χ4n) is 0.967. The number of ether oxygens (including phenoxy) is 1. The third-order valence-electron chi connectivity index (χ3n) is 1.37. The zero-order valence-corrected chi connectivity index (χ0v) is 7.30. The second-order valence-electron chi connectivity index (χ2n) is 2.54. The molecule has 0 spiro atoms. The largest absolute Gasteiger partial charge is 0.462 e. The standard InChI is InChI=1S/C9H16O2/c1-4-6-9(7-5-2)11-8(3)10/h4,9H,1,5-7H2,2-3H3/t9-/m1/s1. The van der Waals surface area contributed by atoms with Crippen LogP contribution < -0.4 is 0 Å². The van der Waals surface area contributed by atoms with Gasteiger partial charge in [0.1, 0.15) is 6.10 Å². The number of esters is 1. The highest BCUT2D eigenvalue weighted by Crippen LogP contribution is 2.07. The van der Waals surface area contributed by atoms with Gasteiger partial charge in [0.05, 0.1) is 0 Å². The molecule has 0 aromatic carbocycles. The normalized spacial score (nSPS) is 12.2. The van der Waals surface area contributed by atoms with Crippen LogP contribution in [0.25, 0.3) is 0 Å². The van der Waals surface area contributed by atoms with E-state index >= 15 is 0 Å². The monoisotopic (exact) mass is 156 g/mol. The molecule has 1 atom stereocenters. The van der Waals surface area contributed by atoms with Crippen LogP contribution in [-0.4, -0.2) is 12.1 Å². The maximum Gasteiger partial charge on any atom is 0.302 e. The number of hydrogen-bond acceptors (Lipinski definition) is 2. The summed E-state index contributed by atoms with van der Waals surface area (Å²) in [6.07, 6.45) is 4.53. The predicted octanol–water partition coefficient (Wildman–Crippen LogP) is 2.29. The molecule has 0 saturated heterocycles. The van der Waals surface area contributed by atoms with Gasteiger partial charge in [-0.2, -0.15) is 0 Å². The van der Waals surface area contributed by atoms with Crippen LogP contribution in [-0.2, 0) is 9.53 Å². The molecule has 0 aliphatic heterocycles. The molecule has 0 radical (unpaired) electrons. The van der Waals surface area contributed by atoms with E-state index in [0.29, 0.717) is 0 Å². The van der Waals surface area contributed by atoms with Gasteiger partial charge in [-0.3, -0.25) is 4.79 Å². The van der Waals surface area contributed by atoms with E-state index in [1.54, 1.807) is 6.08 Å². The SMILES string of the molecule is C=CC[C@H](CCC)OC(C)=O. The summed E-state index contributed by atoms with van der Waals surface area (Å²) in [6.45, 7) is 7.10. The summed E-state index contributed by atoms with van der Waals surface area (Å²) in [4.78, 5) is 10.5. The highest BCUT2D eigenvalue weighted by Gasteiger charge is 2.07. The van der Waals surface area contributed by atoms with Crippen LogP contribution in [0.5, 0.6) is 0 Å². The predicted molar refractivity (Wildman–Crippen MR) is 45.3 cm³/mol. The van der Waals surface area contributed by atoms with Gasteiger partial charge in [0.2, 0.25) is 0 Å². The lowest BCUT2D eigenvalue weighted by molar-refractivity contribution is -0.146. The van der Waals surface area contributed by atoms with Gasteiger partial charge >= 0.3 is 5.97 Å². The maximum absolute atomic E-state index is 10.5. The van der Waals surface area contributed by atoms with Crippen LogP contribution >= 0.6 is 0 Å². The number of hydrogen-bond donors (Lipinski definition) is 0. The molecular formula is C9H16O2. The molecule has 0 aliphatic carbocycles. The average molecular weight is 156 g/mol. The highest BCUT2D eigenvalue weighted by atomic mass is 16.5. The van der Waals surface area contributed by atoms with E-state index in [1.165, 1.54) is 6.92 Å². The fraction of sp³-hybridized carbons (Fsp3) is 0.667. The van der Waals surface area contributed by atoms with Gasteiger partial charge in [-0.1, -0.05) is 19.4 Å². The summed E-state index contributed by atoms with van der Waals surface area (Å²) in [5, 5.41) is 0. The van der Waals surface area contributed by atoms with Crippen molar-refractivity contribution in [1.29, 1.82) is 0 Å². The maximum atomic E-state index is 10.5. The Morgan fingerprint density at radius 2 is 2.36 bits per heavy atom. The van der Waals surface area contributed by atoms with Gasteiger partial charge in [0, 0.05) is 13.3 Å². The Hall–Kier alpha value is -0.790. The molecule has 0 bridgehead atoms. The highest BCUT2D eigenvalue weighted by molar-refractivity contribution is 5.66. The van der Waals surface area contributed by atoms with Crippen molar-refractivity contribution in [2.75, 3.05) is 0 Å². The van der Waals surface area contributed by atoms with E-state index < -0.39 is 0 Å². The zero-order valence-electron chi connectivity index (χ0n) is 7.30. The summed E-state index contributed by atoms with van der Waals surface area (Å²) in [5.41, 5.74) is 0. The Labute approximate surface area is 68.2 Å². The first-order valence-corrected chi connectivity index (χ1v) is 3.98. The lowest BCUT2D eigenvalue weighted by Crippen LogP contribution is -2.14. The fourth-order valence-corrected chi connectivity index (χ4v) is 0.967. The summed E-state index contributed by atoms with van der Waals surface area (Å²) in [5.74, 6) is -0.203. The smallest absolute Gasteiger partial charge is 0.302 e. The molecule has 0 N–H and O–H groups in total. The van der Waals surface area contributed by atoms with Crippen molar-refractivity contribution in [3.8, 4) is 0 Å². The Morgan fingerprint density at radius 3 is 2.73 bits per heavy atom. The Morgan fingerprint density at radius 1 is 1.73 bits per heavy atom. The van der Waals surface area contributed by atoms with E-state index in [0.717, 1.165) is 19.3 Å². The van der Waals surface area contributed by atoms with Crippen molar-refractivity contribution in [2.45, 2.75) is 39.2 Å². The third-order valence-corrected chi connectivity index (χ3v) is 1.37. The topological polar surface area (TPSA) is 26.3 Å². The molecule has 0 aromatic rings. The van der Waals surface area contributed by atoms with E-state index in [1.807, 2.05) is 0 Å². The summed E-state index contributed by atoms with van der Waals surface area (Å²) >= 11 is 0. The van der Waals surface area contributed by atoms with Gasteiger partial charge in [-0.15, -0.1) is 6.58 Å². The first kappa shape index (κ1) is 10.2. The Bertz CT molecular complexity index is 130. The van der Waals surface area contributed by atoms with Gasteiger partial charge in [0.15, 0.2) is 0 Å². The van der Waals surface area contributed by atoms with Crippen molar-refractivity contribution in [3.63, 3.8) is 0 Å². The number of carbonyl (C=O) groups excluding carboxylic acids is 1. The van der Waals surface area contributed by atoms with Gasteiger partial charge in [-0.05, 0) is 6.42 Å². The van der Waals surface area contributed by atoms with Crippen LogP contribution in [0.3, 0.4) is 0 Å². The van der Waals surface area contributed by atoms with Gasteiger partial charge in [-0.25, -0.2) is 0 Å². The molecule has 64 valence electrons. The van der Waals surface area contributed by atoms with Crippen LogP contribution in [0, 0.1) is 0 Å². The average Bonchev–Trinajstić information content (AvgIpc) is 1.87. The zero-order chi connectivity index (χ0) is 8.69. The van der Waals surface area contributed by atoms with E-state index in [4.69, 9.17) is 4.74 Å². The summed E-state index contributed by atoms with van der Waals surface area (Å²) < 4.78 is 5.02. The molecule has 0 unspecified atom stereocenters. The Balaban J connectivity index is 3.67. The lowest BCUT2D eigenvalue weighted by atomic mass is 10.1. The molecule has 0 fully saturated rings. The van der Waals surface area contributed by atoms with E-state index in [2.05, 4.69) is 13.5 Å². The van der Waals surface area contributed by atoms with Crippen molar-refractivity contribution in [2.24, 2.45) is 0 Å². The van der Waals surface area contributed by atoms with E-state index in [9.17, 15) is 4.79 Å². The summed E-state index contributed by atoms with van der Waals surface area (Å²) in [7, 11) is 0. The molecule has 0 amide bonds. The molecule has 0 aromatic heterocycles. The molecule has 0 saturated carbocycles. The van der Waals surface area contributed by atoms with Crippen LogP contribution in [0.2, 0.25) is 0 Å². The van der Waals surface area contributed by atoms with Crippen LogP contribution in [0.1, 0.15) is 33.1 Å². The van der Waals surface area contributed by atoms with E-state index in [-0.39, 0.29) is 12.1 Å². The second kappa shape index (κ2) is 5.96. The minimum atomic E-state index is -0.203.